The summed E-state index contributed by atoms with van der Waals surface area (Å²) in [5, 5.41) is 12.5. The predicted octanol–water partition coefficient (Wildman–Crippen LogP) is 2.03. The molecule has 24 heavy (non-hydrogen) atoms. The molecular weight excluding hydrogens is 317 g/mol. The van der Waals surface area contributed by atoms with Crippen molar-refractivity contribution >= 4 is 22.8 Å². The number of fused-ring (bicyclic) bond motifs is 1. The van der Waals surface area contributed by atoms with E-state index in [1.165, 1.54) is 12.1 Å². The Morgan fingerprint density at radius 3 is 2.92 bits per heavy atom. The highest BCUT2D eigenvalue weighted by Crippen LogP contribution is 2.20. The standard InChI is InChI=1S/C16H14FN3O4/c1-8-14(19-7-24-8)15(21)20-13(16(22)23)4-9-6-18-12-5-10(17)2-3-11(9)12/h2-3,5-7,13,18H,4H2,1H3,(H,20,21)(H,22,23)/t13-/m1/s1. The highest BCUT2D eigenvalue weighted by atomic mass is 19.1. The fraction of sp³-hybridized carbons (Fsp3) is 0.188. The summed E-state index contributed by atoms with van der Waals surface area (Å²) in [4.78, 5) is 30.3. The molecule has 0 radical (unpaired) electrons. The van der Waals surface area contributed by atoms with Gasteiger partial charge in [-0.3, -0.25) is 4.79 Å². The normalized spacial score (nSPS) is 12.2. The summed E-state index contributed by atoms with van der Waals surface area (Å²) in [6.45, 7) is 1.56. The van der Waals surface area contributed by atoms with Gasteiger partial charge in [-0.25, -0.2) is 14.2 Å². The number of hydrogen-bond donors (Lipinski definition) is 3. The summed E-state index contributed by atoms with van der Waals surface area (Å²) >= 11 is 0. The van der Waals surface area contributed by atoms with E-state index in [0.29, 0.717) is 22.2 Å². The third-order valence-corrected chi connectivity index (χ3v) is 3.72. The third-order valence-electron chi connectivity index (χ3n) is 3.72. The van der Waals surface area contributed by atoms with Crippen LogP contribution >= 0.6 is 0 Å². The minimum Gasteiger partial charge on any atom is -0.480 e. The molecule has 0 bridgehead atoms. The van der Waals surface area contributed by atoms with Gasteiger partial charge in [0.1, 0.15) is 17.6 Å². The average molecular weight is 331 g/mol. The van der Waals surface area contributed by atoms with Crippen LogP contribution in [-0.4, -0.2) is 33.0 Å². The van der Waals surface area contributed by atoms with Gasteiger partial charge >= 0.3 is 5.97 Å². The lowest BCUT2D eigenvalue weighted by atomic mass is 10.0. The Balaban J connectivity index is 1.82. The van der Waals surface area contributed by atoms with Crippen LogP contribution in [-0.2, 0) is 11.2 Å². The van der Waals surface area contributed by atoms with Gasteiger partial charge in [0.25, 0.3) is 5.91 Å². The molecule has 0 fully saturated rings. The van der Waals surface area contributed by atoms with E-state index in [-0.39, 0.29) is 17.9 Å². The number of H-pyrrole nitrogens is 1. The minimum absolute atomic E-state index is 0.0437. The van der Waals surface area contributed by atoms with Gasteiger partial charge in [0, 0.05) is 23.5 Å². The molecule has 2 heterocycles. The molecule has 124 valence electrons. The number of benzene rings is 1. The zero-order chi connectivity index (χ0) is 17.3. The monoisotopic (exact) mass is 331 g/mol. The van der Waals surface area contributed by atoms with Gasteiger partial charge in [0.15, 0.2) is 12.1 Å². The zero-order valence-corrected chi connectivity index (χ0v) is 12.7. The molecule has 0 saturated heterocycles. The fourth-order valence-corrected chi connectivity index (χ4v) is 2.50. The van der Waals surface area contributed by atoms with Crippen molar-refractivity contribution in [1.29, 1.82) is 0 Å². The molecule has 3 rings (SSSR count). The van der Waals surface area contributed by atoms with Gasteiger partial charge in [-0.1, -0.05) is 0 Å². The lowest BCUT2D eigenvalue weighted by Gasteiger charge is -2.13. The lowest BCUT2D eigenvalue weighted by Crippen LogP contribution is -2.42. The predicted molar refractivity (Wildman–Crippen MR) is 82.1 cm³/mol. The Kier molecular flexibility index (Phi) is 4.03. The van der Waals surface area contributed by atoms with Crippen LogP contribution in [0.25, 0.3) is 10.9 Å². The van der Waals surface area contributed by atoms with Gasteiger partial charge in [0.05, 0.1) is 0 Å². The summed E-state index contributed by atoms with van der Waals surface area (Å²) in [5.74, 6) is -1.89. The van der Waals surface area contributed by atoms with Gasteiger partial charge in [-0.2, -0.15) is 0 Å². The lowest BCUT2D eigenvalue weighted by molar-refractivity contribution is -0.139. The number of aromatic amines is 1. The van der Waals surface area contributed by atoms with Crippen molar-refractivity contribution in [2.75, 3.05) is 0 Å². The second-order valence-corrected chi connectivity index (χ2v) is 5.33. The summed E-state index contributed by atoms with van der Waals surface area (Å²) in [6, 6.07) is 3.04. The number of carbonyl (C=O) groups is 2. The molecule has 0 spiro atoms. The maximum absolute atomic E-state index is 13.2. The second kappa shape index (κ2) is 6.15. The van der Waals surface area contributed by atoms with Crippen LogP contribution in [0, 0.1) is 12.7 Å². The SMILES string of the molecule is Cc1ocnc1C(=O)N[C@H](Cc1c[nH]c2cc(F)ccc12)C(=O)O. The minimum atomic E-state index is -1.18. The van der Waals surface area contributed by atoms with Gasteiger partial charge in [-0.05, 0) is 30.7 Å². The average Bonchev–Trinajstić information content (AvgIpc) is 3.12. The molecule has 1 aromatic carbocycles. The van der Waals surface area contributed by atoms with Crippen molar-refractivity contribution < 1.29 is 23.5 Å². The number of carboxylic acids is 1. The number of aromatic nitrogens is 2. The van der Waals surface area contributed by atoms with Crippen LogP contribution < -0.4 is 5.32 Å². The molecule has 0 aliphatic heterocycles. The van der Waals surface area contributed by atoms with Crippen molar-refractivity contribution in [2.24, 2.45) is 0 Å². The molecule has 0 unspecified atom stereocenters. The molecule has 3 N–H and O–H groups in total. The molecule has 1 amide bonds. The van der Waals surface area contributed by atoms with Crippen LogP contribution in [0.5, 0.6) is 0 Å². The number of hydrogen-bond acceptors (Lipinski definition) is 4. The number of aryl methyl sites for hydroxylation is 1. The Morgan fingerprint density at radius 1 is 1.46 bits per heavy atom. The quantitative estimate of drug-likeness (QED) is 0.663. The topological polar surface area (TPSA) is 108 Å². The van der Waals surface area contributed by atoms with Crippen molar-refractivity contribution in [3.8, 4) is 0 Å². The smallest absolute Gasteiger partial charge is 0.326 e. The molecule has 1 atom stereocenters. The Morgan fingerprint density at radius 2 is 2.25 bits per heavy atom. The Labute approximate surface area is 135 Å². The van der Waals surface area contributed by atoms with E-state index in [2.05, 4.69) is 15.3 Å². The zero-order valence-electron chi connectivity index (χ0n) is 12.7. The number of halogens is 1. The molecule has 0 aliphatic carbocycles. The number of oxazole rings is 1. The van der Waals surface area contributed by atoms with Crippen LogP contribution in [0.15, 0.2) is 35.2 Å². The van der Waals surface area contributed by atoms with Crippen molar-refractivity contribution in [3.63, 3.8) is 0 Å². The van der Waals surface area contributed by atoms with E-state index in [4.69, 9.17) is 4.42 Å². The molecular formula is C16H14FN3O4. The maximum Gasteiger partial charge on any atom is 0.326 e. The van der Waals surface area contributed by atoms with Gasteiger partial charge in [-0.15, -0.1) is 0 Å². The molecule has 0 aliphatic rings. The third kappa shape index (κ3) is 2.98. The number of amides is 1. The first-order valence-electron chi connectivity index (χ1n) is 7.15. The van der Waals surface area contributed by atoms with Crippen molar-refractivity contribution in [2.45, 2.75) is 19.4 Å². The molecule has 3 aromatic rings. The van der Waals surface area contributed by atoms with E-state index in [1.807, 2.05) is 0 Å². The Bertz CT molecular complexity index is 915. The van der Waals surface area contributed by atoms with E-state index in [0.717, 1.165) is 6.39 Å². The first-order chi connectivity index (χ1) is 11.5. The van der Waals surface area contributed by atoms with Crippen LogP contribution in [0.2, 0.25) is 0 Å². The van der Waals surface area contributed by atoms with Gasteiger partial charge in [0.2, 0.25) is 0 Å². The summed E-state index contributed by atoms with van der Waals surface area (Å²) < 4.78 is 18.2. The summed E-state index contributed by atoms with van der Waals surface area (Å²) in [7, 11) is 0. The molecule has 8 heteroatoms. The van der Waals surface area contributed by atoms with E-state index in [9.17, 15) is 19.1 Å². The van der Waals surface area contributed by atoms with E-state index < -0.39 is 17.9 Å². The van der Waals surface area contributed by atoms with Crippen molar-refractivity contribution in [1.82, 2.24) is 15.3 Å². The fourth-order valence-electron chi connectivity index (χ4n) is 2.50. The number of nitrogens with zero attached hydrogens (tertiary/aromatic N) is 1. The first kappa shape index (κ1) is 15.7. The maximum atomic E-state index is 13.2. The van der Waals surface area contributed by atoms with Gasteiger partial charge < -0.3 is 19.8 Å². The molecule has 2 aromatic heterocycles. The van der Waals surface area contributed by atoms with Crippen LogP contribution in [0.3, 0.4) is 0 Å². The Hall–Kier alpha value is -3.16. The number of rotatable bonds is 5. The molecule has 0 saturated carbocycles. The van der Waals surface area contributed by atoms with Crippen LogP contribution in [0.1, 0.15) is 21.8 Å². The second-order valence-electron chi connectivity index (χ2n) is 5.33. The number of aliphatic carboxylic acids is 1. The van der Waals surface area contributed by atoms with E-state index >= 15 is 0 Å². The largest absolute Gasteiger partial charge is 0.480 e. The van der Waals surface area contributed by atoms with Crippen molar-refractivity contribution in [3.05, 3.63) is 53.6 Å². The number of carbonyl (C=O) groups excluding carboxylic acids is 1. The summed E-state index contributed by atoms with van der Waals surface area (Å²) in [6.07, 6.45) is 2.77. The number of carboxylic acid groups (broad SMARTS) is 1. The number of nitrogens with one attached hydrogen (secondary N) is 2. The highest BCUT2D eigenvalue weighted by molar-refractivity contribution is 5.96. The summed E-state index contributed by atoms with van der Waals surface area (Å²) in [5.41, 5.74) is 1.27. The first-order valence-corrected chi connectivity index (χ1v) is 7.15. The molecule has 7 nitrogen and oxygen atoms in total. The van der Waals surface area contributed by atoms with Crippen LogP contribution in [0.4, 0.5) is 4.39 Å². The highest BCUT2D eigenvalue weighted by Gasteiger charge is 2.24. The van der Waals surface area contributed by atoms with E-state index in [1.54, 1.807) is 19.2 Å².